The van der Waals surface area contributed by atoms with Crippen LogP contribution in [0.15, 0.2) is 18.2 Å². The Kier molecular flexibility index (Phi) is 5.67. The average Bonchev–Trinajstić information content (AvgIpc) is 2.34. The van der Waals surface area contributed by atoms with Crippen molar-refractivity contribution >= 4 is 19.9 Å². The van der Waals surface area contributed by atoms with Gasteiger partial charge in [0.2, 0.25) is 0 Å². The van der Waals surface area contributed by atoms with Gasteiger partial charge in [-0.3, -0.25) is 5.32 Å². The van der Waals surface area contributed by atoms with Crippen LogP contribution >= 0.6 is 0 Å². The topological polar surface area (TPSA) is 47.6 Å². The van der Waals surface area contributed by atoms with Gasteiger partial charge in [0.05, 0.1) is 18.4 Å². The van der Waals surface area contributed by atoms with E-state index in [1.807, 2.05) is 26.8 Å². The van der Waals surface area contributed by atoms with E-state index in [1.165, 1.54) is 0 Å². The lowest BCUT2D eigenvalue weighted by Gasteiger charge is -2.20. The molecule has 0 saturated heterocycles. The standard InChI is InChI=1S/C17H25NO3Si/c1-17(2,3)21-16(19)18-15-9-8-14(20-4)12-13(15)10-11-22(5,6)7/h8-9,12H,1-7H3,(H,18,19). The van der Waals surface area contributed by atoms with Crippen molar-refractivity contribution in [3.63, 3.8) is 0 Å². The second-order valence-corrected chi connectivity index (χ2v) is 11.8. The molecule has 22 heavy (non-hydrogen) atoms. The molecule has 1 rings (SSSR count). The highest BCUT2D eigenvalue weighted by atomic mass is 28.3. The van der Waals surface area contributed by atoms with Crippen molar-refractivity contribution in [2.75, 3.05) is 12.4 Å². The maximum atomic E-state index is 11.9. The highest BCUT2D eigenvalue weighted by Gasteiger charge is 2.17. The Hall–Kier alpha value is -1.93. The first kappa shape index (κ1) is 18.1. The minimum Gasteiger partial charge on any atom is -0.497 e. The largest absolute Gasteiger partial charge is 0.497 e. The van der Waals surface area contributed by atoms with Crippen molar-refractivity contribution in [1.82, 2.24) is 0 Å². The van der Waals surface area contributed by atoms with Crippen LogP contribution in [0.4, 0.5) is 10.5 Å². The summed E-state index contributed by atoms with van der Waals surface area (Å²) < 4.78 is 10.5. The lowest BCUT2D eigenvalue weighted by Crippen LogP contribution is -2.27. The zero-order chi connectivity index (χ0) is 17.0. The molecule has 1 N–H and O–H groups in total. The molecule has 0 aromatic heterocycles. The van der Waals surface area contributed by atoms with E-state index >= 15 is 0 Å². The van der Waals surface area contributed by atoms with Gasteiger partial charge in [0.25, 0.3) is 0 Å². The Morgan fingerprint density at radius 1 is 1.23 bits per heavy atom. The molecule has 0 aliphatic heterocycles. The third-order valence-corrected chi connectivity index (χ3v) is 3.31. The number of rotatable bonds is 2. The van der Waals surface area contributed by atoms with Gasteiger partial charge in [0.1, 0.15) is 19.4 Å². The lowest BCUT2D eigenvalue weighted by molar-refractivity contribution is 0.0636. The van der Waals surface area contributed by atoms with Crippen LogP contribution in [0.25, 0.3) is 0 Å². The van der Waals surface area contributed by atoms with Crippen molar-refractivity contribution in [2.24, 2.45) is 0 Å². The first-order valence-corrected chi connectivity index (χ1v) is 10.7. The molecule has 0 radical (unpaired) electrons. The number of benzene rings is 1. The monoisotopic (exact) mass is 319 g/mol. The van der Waals surface area contributed by atoms with Crippen LogP contribution in [0.3, 0.4) is 0 Å². The van der Waals surface area contributed by atoms with Gasteiger partial charge < -0.3 is 9.47 Å². The van der Waals surface area contributed by atoms with Gasteiger partial charge in [0, 0.05) is 0 Å². The van der Waals surface area contributed by atoms with Crippen LogP contribution in [0.5, 0.6) is 5.75 Å². The van der Waals surface area contributed by atoms with Crippen LogP contribution in [0.1, 0.15) is 26.3 Å². The molecule has 0 fully saturated rings. The van der Waals surface area contributed by atoms with Crippen LogP contribution in [0, 0.1) is 11.5 Å². The SMILES string of the molecule is COc1ccc(NC(=O)OC(C)(C)C)c(C#C[Si](C)(C)C)c1. The molecular formula is C17H25NO3Si. The number of anilines is 1. The Balaban J connectivity index is 3.08. The third kappa shape index (κ3) is 6.68. The van der Waals surface area contributed by atoms with Gasteiger partial charge in [-0.2, -0.15) is 0 Å². The Labute approximate surface area is 134 Å². The maximum Gasteiger partial charge on any atom is 0.412 e. The number of methoxy groups -OCH3 is 1. The van der Waals surface area contributed by atoms with Crippen molar-refractivity contribution in [3.05, 3.63) is 23.8 Å². The third-order valence-electron chi connectivity index (χ3n) is 2.43. The minimum absolute atomic E-state index is 0.492. The highest BCUT2D eigenvalue weighted by molar-refractivity contribution is 6.83. The molecule has 0 saturated carbocycles. The summed E-state index contributed by atoms with van der Waals surface area (Å²) in [6, 6.07) is 5.38. The van der Waals surface area contributed by atoms with Crippen molar-refractivity contribution in [2.45, 2.75) is 46.0 Å². The van der Waals surface area contributed by atoms with Gasteiger partial charge in [0.15, 0.2) is 0 Å². The van der Waals surface area contributed by atoms with Gasteiger partial charge >= 0.3 is 6.09 Å². The lowest BCUT2D eigenvalue weighted by atomic mass is 10.1. The van der Waals surface area contributed by atoms with Gasteiger partial charge in [-0.1, -0.05) is 25.6 Å². The predicted molar refractivity (Wildman–Crippen MR) is 93.1 cm³/mol. The quantitative estimate of drug-likeness (QED) is 0.654. The number of hydrogen-bond acceptors (Lipinski definition) is 3. The smallest absolute Gasteiger partial charge is 0.412 e. The summed E-state index contributed by atoms with van der Waals surface area (Å²) in [6.45, 7) is 12.0. The summed E-state index contributed by atoms with van der Waals surface area (Å²) in [5.74, 6) is 3.86. The number of nitrogens with one attached hydrogen (secondary N) is 1. The number of amides is 1. The summed E-state index contributed by atoms with van der Waals surface area (Å²) >= 11 is 0. The Morgan fingerprint density at radius 3 is 2.36 bits per heavy atom. The number of ether oxygens (including phenoxy) is 2. The van der Waals surface area contributed by atoms with E-state index in [4.69, 9.17) is 9.47 Å². The molecule has 1 aromatic rings. The zero-order valence-corrected chi connectivity index (χ0v) is 15.5. The molecule has 0 aliphatic rings. The van der Waals surface area contributed by atoms with E-state index in [0.29, 0.717) is 11.4 Å². The molecular weight excluding hydrogens is 294 g/mol. The predicted octanol–water partition coefficient (Wildman–Crippen LogP) is 4.27. The van der Waals surface area contributed by atoms with E-state index in [2.05, 4.69) is 36.4 Å². The van der Waals surface area contributed by atoms with E-state index in [1.54, 1.807) is 19.2 Å². The van der Waals surface area contributed by atoms with E-state index in [-0.39, 0.29) is 0 Å². The number of carbonyl (C=O) groups is 1. The second-order valence-electron chi connectivity index (χ2n) is 7.04. The zero-order valence-electron chi connectivity index (χ0n) is 14.5. The van der Waals surface area contributed by atoms with E-state index in [9.17, 15) is 4.79 Å². The molecule has 1 aromatic carbocycles. The fourth-order valence-corrected chi connectivity index (χ4v) is 2.04. The highest BCUT2D eigenvalue weighted by Crippen LogP contribution is 2.22. The molecule has 120 valence electrons. The fourth-order valence-electron chi connectivity index (χ4n) is 1.53. The first-order chi connectivity index (χ1) is 10.00. The first-order valence-electron chi connectivity index (χ1n) is 7.21. The summed E-state index contributed by atoms with van der Waals surface area (Å²) in [4.78, 5) is 11.9. The summed E-state index contributed by atoms with van der Waals surface area (Å²) in [5, 5.41) is 2.75. The van der Waals surface area contributed by atoms with E-state index < -0.39 is 19.8 Å². The van der Waals surface area contributed by atoms with E-state index in [0.717, 1.165) is 5.56 Å². The van der Waals surface area contributed by atoms with Crippen molar-refractivity contribution < 1.29 is 14.3 Å². The van der Waals surface area contributed by atoms with Crippen LogP contribution in [-0.4, -0.2) is 26.9 Å². The molecule has 0 unspecified atom stereocenters. The van der Waals surface area contributed by atoms with Gasteiger partial charge in [-0.05, 0) is 39.0 Å². The second kappa shape index (κ2) is 6.88. The van der Waals surface area contributed by atoms with Crippen molar-refractivity contribution in [1.29, 1.82) is 0 Å². The molecule has 1 amide bonds. The molecule has 4 nitrogen and oxygen atoms in total. The molecule has 0 bridgehead atoms. The van der Waals surface area contributed by atoms with Crippen LogP contribution < -0.4 is 10.1 Å². The van der Waals surface area contributed by atoms with Gasteiger partial charge in [-0.25, -0.2) is 4.79 Å². The minimum atomic E-state index is -1.51. The van der Waals surface area contributed by atoms with Crippen molar-refractivity contribution in [3.8, 4) is 17.2 Å². The Morgan fingerprint density at radius 2 is 1.86 bits per heavy atom. The maximum absolute atomic E-state index is 11.9. The summed E-state index contributed by atoms with van der Waals surface area (Å²) in [6.07, 6.45) is -0.492. The summed E-state index contributed by atoms with van der Waals surface area (Å²) in [5.41, 5.74) is 4.11. The Bertz CT molecular complexity index is 601. The fraction of sp³-hybridized carbons (Fsp3) is 0.471. The van der Waals surface area contributed by atoms with Crippen LogP contribution in [-0.2, 0) is 4.74 Å². The molecule has 0 spiro atoms. The van der Waals surface area contributed by atoms with Gasteiger partial charge in [-0.15, -0.1) is 5.54 Å². The molecule has 0 aliphatic carbocycles. The molecule has 5 heteroatoms. The summed E-state index contributed by atoms with van der Waals surface area (Å²) in [7, 11) is 0.0886. The average molecular weight is 319 g/mol. The van der Waals surface area contributed by atoms with Crippen LogP contribution in [0.2, 0.25) is 19.6 Å². The molecule has 0 heterocycles. The number of hydrogen-bond donors (Lipinski definition) is 1. The number of carbonyl (C=O) groups excluding carboxylic acids is 1. The molecule has 0 atom stereocenters. The normalized spacial score (nSPS) is 11.2.